The zero-order valence-corrected chi connectivity index (χ0v) is 7.86. The summed E-state index contributed by atoms with van der Waals surface area (Å²) in [7, 11) is 0. The van der Waals surface area contributed by atoms with Crippen LogP contribution in [0.15, 0.2) is 12.3 Å². The Kier molecular flexibility index (Phi) is 1.91. The van der Waals surface area contributed by atoms with Crippen LogP contribution in [0.3, 0.4) is 0 Å². The molecule has 4 nitrogen and oxygen atoms in total. The monoisotopic (exact) mass is 193 g/mol. The molecule has 0 atom stereocenters. The highest BCUT2D eigenvalue weighted by Gasteiger charge is 2.28. The van der Waals surface area contributed by atoms with Crippen molar-refractivity contribution in [3.8, 4) is 0 Å². The largest absolute Gasteiger partial charge is 0.477 e. The summed E-state index contributed by atoms with van der Waals surface area (Å²) in [4.78, 5) is 21.9. The number of aromatic carboxylic acids is 1. The number of hydrogen-bond acceptors (Lipinski definition) is 2. The van der Waals surface area contributed by atoms with Gasteiger partial charge in [0.15, 0.2) is 5.78 Å². The number of Topliss-reactive ketones (excluding diaryl/α,β-unsaturated/α-hetero) is 1. The van der Waals surface area contributed by atoms with Gasteiger partial charge in [0.1, 0.15) is 5.69 Å². The van der Waals surface area contributed by atoms with Crippen molar-refractivity contribution >= 4 is 11.8 Å². The highest BCUT2D eigenvalue weighted by atomic mass is 16.4. The Balaban J connectivity index is 2.45. The van der Waals surface area contributed by atoms with E-state index in [0.717, 1.165) is 12.8 Å². The molecular formula is C10H11NO3. The molecule has 1 aliphatic rings. The quantitative estimate of drug-likeness (QED) is 0.743. The average Bonchev–Trinajstić information content (AvgIpc) is 2.83. The van der Waals surface area contributed by atoms with Crippen LogP contribution in [0, 0.1) is 0 Å². The second kappa shape index (κ2) is 2.97. The van der Waals surface area contributed by atoms with E-state index < -0.39 is 5.97 Å². The highest BCUT2D eigenvalue weighted by molar-refractivity contribution is 5.97. The first kappa shape index (κ1) is 8.99. The number of rotatable bonds is 3. The van der Waals surface area contributed by atoms with Gasteiger partial charge in [0.25, 0.3) is 0 Å². The first-order valence-corrected chi connectivity index (χ1v) is 4.55. The van der Waals surface area contributed by atoms with Gasteiger partial charge in [-0.1, -0.05) is 0 Å². The van der Waals surface area contributed by atoms with E-state index in [9.17, 15) is 9.59 Å². The molecule has 1 aromatic rings. The van der Waals surface area contributed by atoms with E-state index in [-0.39, 0.29) is 17.5 Å². The summed E-state index contributed by atoms with van der Waals surface area (Å²) in [5.41, 5.74) is 0.701. The minimum atomic E-state index is -0.968. The fourth-order valence-electron chi connectivity index (χ4n) is 1.50. The molecule has 2 rings (SSSR count). The number of hydrogen-bond donors (Lipinski definition) is 1. The van der Waals surface area contributed by atoms with E-state index in [1.165, 1.54) is 13.0 Å². The van der Waals surface area contributed by atoms with Crippen LogP contribution in [0.4, 0.5) is 0 Å². The van der Waals surface area contributed by atoms with Crippen molar-refractivity contribution in [3.05, 3.63) is 23.5 Å². The van der Waals surface area contributed by atoms with Crippen LogP contribution in [0.1, 0.15) is 46.7 Å². The van der Waals surface area contributed by atoms with Gasteiger partial charge in [-0.15, -0.1) is 0 Å². The number of ketones is 1. The van der Waals surface area contributed by atoms with Gasteiger partial charge in [-0.3, -0.25) is 4.79 Å². The summed E-state index contributed by atoms with van der Waals surface area (Å²) in [6.07, 6.45) is 3.65. The molecule has 1 aromatic heterocycles. The van der Waals surface area contributed by atoms with Crippen LogP contribution in [-0.2, 0) is 0 Å². The van der Waals surface area contributed by atoms with Crippen LogP contribution in [0.25, 0.3) is 0 Å². The maximum atomic E-state index is 11.1. The Morgan fingerprint density at radius 2 is 2.14 bits per heavy atom. The van der Waals surface area contributed by atoms with Gasteiger partial charge in [0.05, 0.1) is 0 Å². The molecule has 0 spiro atoms. The number of carbonyl (C=O) groups excluding carboxylic acids is 1. The van der Waals surface area contributed by atoms with Crippen LogP contribution in [-0.4, -0.2) is 21.4 Å². The van der Waals surface area contributed by atoms with E-state index in [4.69, 9.17) is 5.11 Å². The Morgan fingerprint density at radius 1 is 1.50 bits per heavy atom. The third-order valence-corrected chi connectivity index (χ3v) is 2.41. The fraction of sp³-hybridized carbons (Fsp3) is 0.400. The fourth-order valence-corrected chi connectivity index (χ4v) is 1.50. The lowest BCUT2D eigenvalue weighted by Gasteiger charge is -2.01. The number of nitrogens with zero attached hydrogens (tertiary/aromatic N) is 1. The highest BCUT2D eigenvalue weighted by Crippen LogP contribution is 2.36. The van der Waals surface area contributed by atoms with Crippen molar-refractivity contribution in [3.63, 3.8) is 0 Å². The summed E-state index contributed by atoms with van der Waals surface area (Å²) in [5.74, 6) is -1.06. The van der Waals surface area contributed by atoms with E-state index in [2.05, 4.69) is 0 Å². The molecule has 1 saturated carbocycles. The van der Waals surface area contributed by atoms with Gasteiger partial charge in [-0.05, 0) is 25.8 Å². The first-order chi connectivity index (χ1) is 6.59. The summed E-state index contributed by atoms with van der Waals surface area (Å²) >= 11 is 0. The van der Waals surface area contributed by atoms with E-state index >= 15 is 0 Å². The smallest absolute Gasteiger partial charge is 0.352 e. The van der Waals surface area contributed by atoms with Crippen LogP contribution < -0.4 is 0 Å². The van der Waals surface area contributed by atoms with Gasteiger partial charge in [-0.25, -0.2) is 4.79 Å². The number of aromatic nitrogens is 1. The second-order valence-corrected chi connectivity index (χ2v) is 3.61. The molecule has 1 N–H and O–H groups in total. The van der Waals surface area contributed by atoms with Crippen LogP contribution in [0.2, 0.25) is 0 Å². The summed E-state index contributed by atoms with van der Waals surface area (Å²) in [6.45, 7) is 1.44. The minimum Gasteiger partial charge on any atom is -0.477 e. The van der Waals surface area contributed by atoms with E-state index in [0.29, 0.717) is 5.56 Å². The van der Waals surface area contributed by atoms with Gasteiger partial charge in [0, 0.05) is 17.8 Å². The van der Waals surface area contributed by atoms with Crippen molar-refractivity contribution in [2.45, 2.75) is 25.8 Å². The molecule has 14 heavy (non-hydrogen) atoms. The molecule has 1 fully saturated rings. The van der Waals surface area contributed by atoms with Crippen molar-refractivity contribution < 1.29 is 14.7 Å². The number of carbonyl (C=O) groups is 2. The molecule has 0 aliphatic heterocycles. The van der Waals surface area contributed by atoms with E-state index in [1.54, 1.807) is 10.8 Å². The molecule has 4 heteroatoms. The molecule has 1 aliphatic carbocycles. The Labute approximate surface area is 81.2 Å². The summed E-state index contributed by atoms with van der Waals surface area (Å²) < 4.78 is 1.69. The van der Waals surface area contributed by atoms with Gasteiger partial charge < -0.3 is 9.67 Å². The Hall–Kier alpha value is -1.58. The van der Waals surface area contributed by atoms with Crippen molar-refractivity contribution in [1.82, 2.24) is 4.57 Å². The Morgan fingerprint density at radius 3 is 2.57 bits per heavy atom. The van der Waals surface area contributed by atoms with Crippen LogP contribution >= 0.6 is 0 Å². The van der Waals surface area contributed by atoms with Crippen molar-refractivity contribution in [2.24, 2.45) is 0 Å². The zero-order valence-electron chi connectivity index (χ0n) is 7.86. The molecule has 0 aromatic carbocycles. The van der Waals surface area contributed by atoms with Gasteiger partial charge in [0.2, 0.25) is 0 Å². The normalized spacial score (nSPS) is 15.5. The van der Waals surface area contributed by atoms with E-state index in [1.807, 2.05) is 0 Å². The van der Waals surface area contributed by atoms with Crippen molar-refractivity contribution in [2.75, 3.05) is 0 Å². The second-order valence-electron chi connectivity index (χ2n) is 3.61. The molecule has 0 radical (unpaired) electrons. The maximum absolute atomic E-state index is 11.1. The first-order valence-electron chi connectivity index (χ1n) is 4.55. The molecule has 1 heterocycles. The SMILES string of the molecule is CC(=O)c1cc(C(=O)O)n(C2CC2)c1. The minimum absolute atomic E-state index is 0.0908. The molecule has 0 unspecified atom stereocenters. The van der Waals surface area contributed by atoms with Crippen molar-refractivity contribution in [1.29, 1.82) is 0 Å². The lowest BCUT2D eigenvalue weighted by atomic mass is 10.2. The maximum Gasteiger partial charge on any atom is 0.352 e. The number of carboxylic acid groups (broad SMARTS) is 1. The van der Waals surface area contributed by atoms with Gasteiger partial charge in [-0.2, -0.15) is 0 Å². The molecule has 0 amide bonds. The predicted octanol–water partition coefficient (Wildman–Crippen LogP) is 1.72. The molecule has 74 valence electrons. The summed E-state index contributed by atoms with van der Waals surface area (Å²) in [6, 6.07) is 1.73. The molecule has 0 bridgehead atoms. The predicted molar refractivity (Wildman–Crippen MR) is 49.7 cm³/mol. The molecular weight excluding hydrogens is 182 g/mol. The number of carboxylic acids is 1. The Bertz CT molecular complexity index is 401. The zero-order chi connectivity index (χ0) is 10.3. The standard InChI is InChI=1S/C10H11NO3/c1-6(12)7-4-9(10(13)14)11(5-7)8-2-3-8/h4-5,8H,2-3H2,1H3,(H,13,14). The summed E-state index contributed by atoms with van der Waals surface area (Å²) in [5, 5.41) is 8.91. The topological polar surface area (TPSA) is 59.3 Å². The lowest BCUT2D eigenvalue weighted by Crippen LogP contribution is -2.05. The van der Waals surface area contributed by atoms with Gasteiger partial charge >= 0.3 is 5.97 Å². The lowest BCUT2D eigenvalue weighted by molar-refractivity contribution is 0.0685. The van der Waals surface area contributed by atoms with Crippen LogP contribution in [0.5, 0.6) is 0 Å². The average molecular weight is 193 g/mol. The third kappa shape index (κ3) is 1.43. The molecule has 0 saturated heterocycles. The third-order valence-electron chi connectivity index (χ3n) is 2.41.